The summed E-state index contributed by atoms with van der Waals surface area (Å²) in [7, 11) is 0. The van der Waals surface area contributed by atoms with Gasteiger partial charge in [-0.05, 0) is 19.1 Å². The van der Waals surface area contributed by atoms with E-state index in [4.69, 9.17) is 9.47 Å². The molecule has 1 aliphatic heterocycles. The van der Waals surface area contributed by atoms with Gasteiger partial charge in [-0.25, -0.2) is 4.39 Å². The normalized spacial score (nSPS) is 16.0. The first-order chi connectivity index (χ1) is 10.6. The lowest BCUT2D eigenvalue weighted by Crippen LogP contribution is -2.51. The van der Waals surface area contributed by atoms with Crippen LogP contribution >= 0.6 is 0 Å². The second-order valence-corrected chi connectivity index (χ2v) is 4.95. The van der Waals surface area contributed by atoms with Gasteiger partial charge in [0.25, 0.3) is 5.91 Å². The summed E-state index contributed by atoms with van der Waals surface area (Å²) < 4.78 is 23.6. The molecule has 6 nitrogen and oxygen atoms in total. The predicted molar refractivity (Wildman–Crippen MR) is 76.9 cm³/mol. The molecule has 2 rings (SSSR count). The second kappa shape index (κ2) is 7.74. The Morgan fingerprint density at radius 2 is 2.05 bits per heavy atom. The molecular weight excluding hydrogens is 291 g/mol. The van der Waals surface area contributed by atoms with Gasteiger partial charge in [-0.15, -0.1) is 0 Å². The number of halogens is 1. The van der Waals surface area contributed by atoms with Gasteiger partial charge in [-0.3, -0.25) is 9.59 Å². The molecule has 2 amide bonds. The minimum atomic E-state index is -0.658. The number of amides is 2. The minimum Gasteiger partial charge on any atom is -0.481 e. The average Bonchev–Trinajstić information content (AvgIpc) is 2.54. The molecule has 7 heteroatoms. The van der Waals surface area contributed by atoms with Crippen LogP contribution in [0.25, 0.3) is 0 Å². The molecule has 1 N–H and O–H groups in total. The molecule has 1 aromatic carbocycles. The summed E-state index contributed by atoms with van der Waals surface area (Å²) in [5.41, 5.74) is 0. The fourth-order valence-corrected chi connectivity index (χ4v) is 2.11. The van der Waals surface area contributed by atoms with E-state index in [0.717, 1.165) is 0 Å². The van der Waals surface area contributed by atoms with Crippen molar-refractivity contribution in [3.05, 3.63) is 30.1 Å². The Kier molecular flexibility index (Phi) is 5.71. The van der Waals surface area contributed by atoms with Crippen LogP contribution in [0.15, 0.2) is 24.3 Å². The van der Waals surface area contributed by atoms with Gasteiger partial charge in [0.15, 0.2) is 18.2 Å². The smallest absolute Gasteiger partial charge is 0.258 e. The van der Waals surface area contributed by atoms with Crippen molar-refractivity contribution in [3.63, 3.8) is 0 Å². The third-order valence-corrected chi connectivity index (χ3v) is 3.27. The van der Waals surface area contributed by atoms with Gasteiger partial charge in [-0.2, -0.15) is 0 Å². The summed E-state index contributed by atoms with van der Waals surface area (Å²) in [6.07, 6.45) is 0. The molecule has 0 bridgehead atoms. The van der Waals surface area contributed by atoms with Gasteiger partial charge >= 0.3 is 0 Å². The van der Waals surface area contributed by atoms with Crippen LogP contribution in [0.2, 0.25) is 0 Å². The molecule has 1 fully saturated rings. The number of para-hydroxylation sites is 1. The van der Waals surface area contributed by atoms with E-state index in [1.807, 2.05) is 0 Å². The quantitative estimate of drug-likeness (QED) is 0.863. The van der Waals surface area contributed by atoms with E-state index in [2.05, 4.69) is 5.32 Å². The van der Waals surface area contributed by atoms with E-state index in [1.54, 1.807) is 17.9 Å². The SMILES string of the molecule is C[C@H](NC(=O)COc1ccccc1F)C(=O)N1CCOCC1. The van der Waals surface area contributed by atoms with Crippen LogP contribution in [0.4, 0.5) is 4.39 Å². The number of nitrogens with zero attached hydrogens (tertiary/aromatic N) is 1. The molecule has 0 aromatic heterocycles. The molecule has 120 valence electrons. The first-order valence-electron chi connectivity index (χ1n) is 7.11. The number of ether oxygens (including phenoxy) is 2. The number of hydrogen-bond acceptors (Lipinski definition) is 4. The fourth-order valence-electron chi connectivity index (χ4n) is 2.11. The van der Waals surface area contributed by atoms with E-state index in [1.165, 1.54) is 18.2 Å². The minimum absolute atomic E-state index is 0.00445. The molecule has 1 aromatic rings. The standard InChI is InChI=1S/C15H19FN2O4/c1-11(15(20)18-6-8-21-9-7-18)17-14(19)10-22-13-5-3-2-4-12(13)16/h2-5,11H,6-10H2,1H3,(H,17,19)/t11-/m0/s1. The van der Waals surface area contributed by atoms with Crippen LogP contribution in [0, 0.1) is 5.82 Å². The number of rotatable bonds is 5. The lowest BCUT2D eigenvalue weighted by Gasteiger charge is -2.29. The highest BCUT2D eigenvalue weighted by Crippen LogP contribution is 2.14. The Bertz CT molecular complexity index is 532. The summed E-state index contributed by atoms with van der Waals surface area (Å²) in [5.74, 6) is -1.17. The molecule has 0 radical (unpaired) electrons. The van der Waals surface area contributed by atoms with Gasteiger partial charge in [0.2, 0.25) is 5.91 Å². The maximum atomic E-state index is 13.3. The summed E-state index contributed by atoms with van der Waals surface area (Å²) in [6.45, 7) is 3.31. The van der Waals surface area contributed by atoms with Crippen LogP contribution in [0.5, 0.6) is 5.75 Å². The molecule has 0 spiro atoms. The van der Waals surface area contributed by atoms with Crippen LogP contribution in [-0.4, -0.2) is 55.7 Å². The molecule has 1 aliphatic rings. The summed E-state index contributed by atoms with van der Waals surface area (Å²) >= 11 is 0. The van der Waals surface area contributed by atoms with Crippen LogP contribution in [-0.2, 0) is 14.3 Å². The molecule has 1 saturated heterocycles. The molecule has 0 aliphatic carbocycles. The van der Waals surface area contributed by atoms with E-state index in [-0.39, 0.29) is 18.3 Å². The largest absolute Gasteiger partial charge is 0.481 e. The summed E-state index contributed by atoms with van der Waals surface area (Å²) in [4.78, 5) is 25.5. The van der Waals surface area contributed by atoms with Crippen molar-refractivity contribution in [2.75, 3.05) is 32.9 Å². The van der Waals surface area contributed by atoms with Crippen molar-refractivity contribution in [1.29, 1.82) is 0 Å². The lowest BCUT2D eigenvalue weighted by molar-refractivity contribution is -0.139. The zero-order chi connectivity index (χ0) is 15.9. The number of nitrogens with one attached hydrogen (secondary N) is 1. The Labute approximate surface area is 128 Å². The highest BCUT2D eigenvalue weighted by atomic mass is 19.1. The monoisotopic (exact) mass is 310 g/mol. The van der Waals surface area contributed by atoms with E-state index in [0.29, 0.717) is 26.3 Å². The van der Waals surface area contributed by atoms with Gasteiger partial charge in [0.05, 0.1) is 13.2 Å². The highest BCUT2D eigenvalue weighted by molar-refractivity contribution is 5.87. The summed E-state index contributed by atoms with van der Waals surface area (Å²) in [5, 5.41) is 2.55. The molecule has 0 unspecified atom stereocenters. The van der Waals surface area contributed by atoms with Crippen LogP contribution in [0.3, 0.4) is 0 Å². The lowest BCUT2D eigenvalue weighted by atomic mass is 10.2. The Morgan fingerprint density at radius 3 is 2.73 bits per heavy atom. The van der Waals surface area contributed by atoms with Gasteiger partial charge in [-0.1, -0.05) is 12.1 Å². The average molecular weight is 310 g/mol. The third kappa shape index (κ3) is 4.42. The van der Waals surface area contributed by atoms with E-state index in [9.17, 15) is 14.0 Å². The van der Waals surface area contributed by atoms with Gasteiger partial charge in [0, 0.05) is 13.1 Å². The molecule has 0 saturated carbocycles. The van der Waals surface area contributed by atoms with Crippen molar-refractivity contribution in [2.24, 2.45) is 0 Å². The Morgan fingerprint density at radius 1 is 1.36 bits per heavy atom. The number of benzene rings is 1. The third-order valence-electron chi connectivity index (χ3n) is 3.27. The number of hydrogen-bond donors (Lipinski definition) is 1. The number of morpholine rings is 1. The molecule has 22 heavy (non-hydrogen) atoms. The number of carbonyl (C=O) groups is 2. The Balaban J connectivity index is 1.78. The maximum Gasteiger partial charge on any atom is 0.258 e. The zero-order valence-corrected chi connectivity index (χ0v) is 12.4. The first-order valence-corrected chi connectivity index (χ1v) is 7.11. The first kappa shape index (κ1) is 16.2. The van der Waals surface area contributed by atoms with Gasteiger partial charge in [0.1, 0.15) is 6.04 Å². The van der Waals surface area contributed by atoms with Crippen molar-refractivity contribution in [3.8, 4) is 5.75 Å². The van der Waals surface area contributed by atoms with Gasteiger partial charge < -0.3 is 19.7 Å². The van der Waals surface area contributed by atoms with Crippen molar-refractivity contribution in [2.45, 2.75) is 13.0 Å². The second-order valence-electron chi connectivity index (χ2n) is 4.95. The van der Waals surface area contributed by atoms with E-state index < -0.39 is 17.8 Å². The Hall–Kier alpha value is -2.15. The van der Waals surface area contributed by atoms with Crippen molar-refractivity contribution < 1.29 is 23.5 Å². The topological polar surface area (TPSA) is 67.9 Å². The highest BCUT2D eigenvalue weighted by Gasteiger charge is 2.23. The molecule has 1 atom stereocenters. The predicted octanol–water partition coefficient (Wildman–Crippen LogP) is 0.568. The summed E-state index contributed by atoms with van der Waals surface area (Å²) in [6, 6.07) is 5.17. The maximum absolute atomic E-state index is 13.3. The number of carbonyl (C=O) groups excluding carboxylic acids is 2. The van der Waals surface area contributed by atoms with Crippen molar-refractivity contribution >= 4 is 11.8 Å². The van der Waals surface area contributed by atoms with Crippen molar-refractivity contribution in [1.82, 2.24) is 10.2 Å². The molecular formula is C15H19FN2O4. The van der Waals surface area contributed by atoms with E-state index >= 15 is 0 Å². The van der Waals surface area contributed by atoms with Crippen LogP contribution < -0.4 is 10.1 Å². The molecule has 1 heterocycles. The fraction of sp³-hybridized carbons (Fsp3) is 0.467. The zero-order valence-electron chi connectivity index (χ0n) is 12.4. The van der Waals surface area contributed by atoms with Crippen LogP contribution in [0.1, 0.15) is 6.92 Å².